The molecule has 0 amide bonds. The number of aryl methyl sites for hydroxylation is 1. The van der Waals surface area contributed by atoms with Gasteiger partial charge in [-0.1, -0.05) is 29.8 Å². The summed E-state index contributed by atoms with van der Waals surface area (Å²) in [6.45, 7) is 8.87. The molecule has 1 saturated carbocycles. The molecule has 1 aliphatic rings. The summed E-state index contributed by atoms with van der Waals surface area (Å²) in [7, 11) is 0. The van der Waals surface area contributed by atoms with Crippen molar-refractivity contribution in [2.24, 2.45) is 17.6 Å². The molecule has 21 heavy (non-hydrogen) atoms. The lowest BCUT2D eigenvalue weighted by Crippen LogP contribution is -2.29. The minimum absolute atomic E-state index is 0.145. The zero-order valence-corrected chi connectivity index (χ0v) is 15.2. The number of hydrogen-bond donors (Lipinski definition) is 1. The van der Waals surface area contributed by atoms with Gasteiger partial charge in [0.25, 0.3) is 0 Å². The predicted molar refractivity (Wildman–Crippen MR) is 92.8 cm³/mol. The van der Waals surface area contributed by atoms with Crippen LogP contribution in [-0.4, -0.2) is 12.1 Å². The molecule has 2 rings (SSSR count). The SMILES string of the molecule is Cc1cc(Br)cc(CC(C)N)c1OC1CCC(C)C(C)C1. The van der Waals surface area contributed by atoms with Crippen molar-refractivity contribution in [3.8, 4) is 5.75 Å². The van der Waals surface area contributed by atoms with E-state index in [2.05, 4.69) is 48.8 Å². The van der Waals surface area contributed by atoms with Crippen molar-refractivity contribution in [1.82, 2.24) is 0 Å². The number of rotatable bonds is 4. The highest BCUT2D eigenvalue weighted by atomic mass is 79.9. The third kappa shape index (κ3) is 4.46. The van der Waals surface area contributed by atoms with Gasteiger partial charge in [-0.3, -0.25) is 0 Å². The maximum Gasteiger partial charge on any atom is 0.125 e. The highest BCUT2D eigenvalue weighted by molar-refractivity contribution is 9.10. The Morgan fingerprint density at radius 3 is 2.62 bits per heavy atom. The van der Waals surface area contributed by atoms with Crippen molar-refractivity contribution >= 4 is 15.9 Å². The average Bonchev–Trinajstić information content (AvgIpc) is 2.37. The molecule has 0 bridgehead atoms. The van der Waals surface area contributed by atoms with Gasteiger partial charge in [-0.05, 0) is 74.6 Å². The van der Waals surface area contributed by atoms with Crippen molar-refractivity contribution in [3.63, 3.8) is 0 Å². The van der Waals surface area contributed by atoms with E-state index < -0.39 is 0 Å². The molecule has 0 saturated heterocycles. The van der Waals surface area contributed by atoms with Crippen molar-refractivity contribution in [1.29, 1.82) is 0 Å². The molecule has 118 valence electrons. The van der Waals surface area contributed by atoms with Gasteiger partial charge in [0.1, 0.15) is 5.75 Å². The standard InChI is InChI=1S/C18H28BrNO/c1-11-5-6-17(8-12(11)2)21-18-13(3)7-16(19)10-15(18)9-14(4)20/h7,10-12,14,17H,5-6,8-9,20H2,1-4H3. The summed E-state index contributed by atoms with van der Waals surface area (Å²) in [5.41, 5.74) is 8.42. The number of hydrogen-bond acceptors (Lipinski definition) is 2. The number of ether oxygens (including phenoxy) is 1. The molecule has 0 aromatic heterocycles. The van der Waals surface area contributed by atoms with Crippen molar-refractivity contribution in [2.75, 3.05) is 0 Å². The first-order valence-corrected chi connectivity index (χ1v) is 8.87. The van der Waals surface area contributed by atoms with Crippen molar-refractivity contribution in [3.05, 3.63) is 27.7 Å². The fourth-order valence-corrected chi connectivity index (χ4v) is 3.86. The topological polar surface area (TPSA) is 35.2 Å². The van der Waals surface area contributed by atoms with Gasteiger partial charge in [0.15, 0.2) is 0 Å². The van der Waals surface area contributed by atoms with E-state index in [0.29, 0.717) is 6.10 Å². The van der Waals surface area contributed by atoms with E-state index in [0.717, 1.165) is 34.9 Å². The van der Waals surface area contributed by atoms with Crippen LogP contribution in [0, 0.1) is 18.8 Å². The normalized spacial score (nSPS) is 27.4. The molecular formula is C18H28BrNO. The summed E-state index contributed by atoms with van der Waals surface area (Å²) in [4.78, 5) is 0. The van der Waals surface area contributed by atoms with Gasteiger partial charge in [-0.2, -0.15) is 0 Å². The van der Waals surface area contributed by atoms with Crippen LogP contribution in [0.1, 0.15) is 51.2 Å². The summed E-state index contributed by atoms with van der Waals surface area (Å²) in [6, 6.07) is 4.43. The van der Waals surface area contributed by atoms with Gasteiger partial charge in [0, 0.05) is 10.5 Å². The van der Waals surface area contributed by atoms with E-state index >= 15 is 0 Å². The van der Waals surface area contributed by atoms with Gasteiger partial charge >= 0.3 is 0 Å². The van der Waals surface area contributed by atoms with Crippen molar-refractivity contribution in [2.45, 2.75) is 65.5 Å². The molecule has 1 aromatic carbocycles. The molecule has 0 spiro atoms. The Kier molecular flexibility index (Phi) is 5.73. The minimum Gasteiger partial charge on any atom is -0.490 e. The molecule has 2 nitrogen and oxygen atoms in total. The van der Waals surface area contributed by atoms with Crippen LogP contribution in [0.25, 0.3) is 0 Å². The zero-order valence-electron chi connectivity index (χ0n) is 13.7. The van der Waals surface area contributed by atoms with Crippen LogP contribution in [0.2, 0.25) is 0 Å². The third-order valence-corrected chi connectivity index (χ3v) is 5.15. The van der Waals surface area contributed by atoms with Gasteiger partial charge in [-0.25, -0.2) is 0 Å². The zero-order chi connectivity index (χ0) is 15.6. The maximum absolute atomic E-state index is 6.42. The fraction of sp³-hybridized carbons (Fsp3) is 0.667. The Morgan fingerprint density at radius 2 is 2.00 bits per heavy atom. The predicted octanol–water partition coefficient (Wildman–Crippen LogP) is 4.85. The second-order valence-electron chi connectivity index (χ2n) is 6.90. The second-order valence-corrected chi connectivity index (χ2v) is 7.82. The van der Waals surface area contributed by atoms with Gasteiger partial charge in [0.2, 0.25) is 0 Å². The smallest absolute Gasteiger partial charge is 0.125 e. The Balaban J connectivity index is 2.18. The molecular weight excluding hydrogens is 326 g/mol. The van der Waals surface area contributed by atoms with E-state index in [1.54, 1.807) is 0 Å². The summed E-state index contributed by atoms with van der Waals surface area (Å²) in [5, 5.41) is 0. The van der Waals surface area contributed by atoms with Gasteiger partial charge in [-0.15, -0.1) is 0 Å². The Morgan fingerprint density at radius 1 is 1.29 bits per heavy atom. The summed E-state index contributed by atoms with van der Waals surface area (Å²) in [5.74, 6) is 2.62. The largest absolute Gasteiger partial charge is 0.490 e. The number of benzene rings is 1. The average molecular weight is 354 g/mol. The molecule has 0 aliphatic heterocycles. The fourth-order valence-electron chi connectivity index (χ4n) is 3.24. The lowest BCUT2D eigenvalue weighted by molar-refractivity contribution is 0.0989. The van der Waals surface area contributed by atoms with Crippen LogP contribution in [0.4, 0.5) is 0 Å². The van der Waals surface area contributed by atoms with E-state index in [1.807, 2.05) is 6.92 Å². The highest BCUT2D eigenvalue weighted by Crippen LogP contribution is 2.35. The Hall–Kier alpha value is -0.540. The van der Waals surface area contributed by atoms with Crippen LogP contribution in [0.5, 0.6) is 5.75 Å². The molecule has 1 aliphatic carbocycles. The van der Waals surface area contributed by atoms with Gasteiger partial charge < -0.3 is 10.5 Å². The molecule has 0 radical (unpaired) electrons. The molecule has 4 atom stereocenters. The van der Waals surface area contributed by atoms with Crippen LogP contribution in [-0.2, 0) is 6.42 Å². The first-order chi connectivity index (χ1) is 9.86. The minimum atomic E-state index is 0.145. The lowest BCUT2D eigenvalue weighted by atomic mass is 9.80. The van der Waals surface area contributed by atoms with E-state index in [9.17, 15) is 0 Å². The summed E-state index contributed by atoms with van der Waals surface area (Å²) < 4.78 is 7.52. The summed E-state index contributed by atoms with van der Waals surface area (Å²) >= 11 is 3.58. The molecule has 4 unspecified atom stereocenters. The monoisotopic (exact) mass is 353 g/mol. The van der Waals surface area contributed by atoms with E-state index in [1.165, 1.54) is 24.0 Å². The maximum atomic E-state index is 6.42. The van der Waals surface area contributed by atoms with E-state index in [4.69, 9.17) is 10.5 Å². The number of nitrogens with two attached hydrogens (primary N) is 1. The second kappa shape index (κ2) is 7.15. The molecule has 2 N–H and O–H groups in total. The molecule has 0 heterocycles. The van der Waals surface area contributed by atoms with Gasteiger partial charge in [0.05, 0.1) is 6.10 Å². The van der Waals surface area contributed by atoms with Crippen LogP contribution in [0.3, 0.4) is 0 Å². The quantitative estimate of drug-likeness (QED) is 0.839. The molecule has 1 fully saturated rings. The summed E-state index contributed by atoms with van der Waals surface area (Å²) in [6.07, 6.45) is 4.80. The Labute approximate surface area is 137 Å². The molecule has 1 aromatic rings. The lowest BCUT2D eigenvalue weighted by Gasteiger charge is -2.33. The number of halogens is 1. The first-order valence-electron chi connectivity index (χ1n) is 8.08. The van der Waals surface area contributed by atoms with Crippen molar-refractivity contribution < 1.29 is 4.74 Å². The highest BCUT2D eigenvalue weighted by Gasteiger charge is 2.26. The van der Waals surface area contributed by atoms with E-state index in [-0.39, 0.29) is 6.04 Å². The molecule has 3 heteroatoms. The Bertz CT molecular complexity index is 486. The van der Waals surface area contributed by atoms with Crippen LogP contribution >= 0.6 is 15.9 Å². The van der Waals surface area contributed by atoms with Crippen LogP contribution < -0.4 is 10.5 Å². The third-order valence-electron chi connectivity index (χ3n) is 4.69. The first kappa shape index (κ1) is 16.8. The van der Waals surface area contributed by atoms with Crippen LogP contribution in [0.15, 0.2) is 16.6 Å².